The number of nitrogens with two attached hydrogens (primary N) is 1. The quantitative estimate of drug-likeness (QED) is 0.905. The van der Waals surface area contributed by atoms with E-state index in [1.165, 1.54) is 0 Å². The minimum absolute atomic E-state index is 0.117. The highest BCUT2D eigenvalue weighted by molar-refractivity contribution is 5.32. The Kier molecular flexibility index (Phi) is 3.81. The molecule has 0 saturated heterocycles. The van der Waals surface area contributed by atoms with Crippen molar-refractivity contribution in [3.8, 4) is 5.75 Å². The molecule has 4 heteroatoms. The van der Waals surface area contributed by atoms with Gasteiger partial charge in [0.2, 0.25) is 5.92 Å². The van der Waals surface area contributed by atoms with Crippen molar-refractivity contribution in [2.24, 2.45) is 5.73 Å². The highest BCUT2D eigenvalue weighted by Gasteiger charge is 2.41. The van der Waals surface area contributed by atoms with Crippen LogP contribution in [-0.2, 0) is 5.54 Å². The van der Waals surface area contributed by atoms with Crippen LogP contribution in [0.15, 0.2) is 24.3 Å². The zero-order chi connectivity index (χ0) is 14.1. The minimum Gasteiger partial charge on any atom is -0.491 e. The molecular formula is C15H21F2NO. The third-order valence-corrected chi connectivity index (χ3v) is 3.67. The van der Waals surface area contributed by atoms with Crippen LogP contribution in [0, 0.1) is 0 Å². The fourth-order valence-corrected chi connectivity index (χ4v) is 2.49. The Morgan fingerprint density at radius 2 is 1.58 bits per heavy atom. The van der Waals surface area contributed by atoms with E-state index in [1.54, 1.807) is 0 Å². The smallest absolute Gasteiger partial charge is 0.248 e. The van der Waals surface area contributed by atoms with Crippen molar-refractivity contribution >= 4 is 0 Å². The number of halogens is 2. The molecule has 1 fully saturated rings. The molecule has 0 radical (unpaired) electrons. The lowest BCUT2D eigenvalue weighted by atomic mass is 9.76. The monoisotopic (exact) mass is 269 g/mol. The van der Waals surface area contributed by atoms with E-state index in [9.17, 15) is 8.78 Å². The van der Waals surface area contributed by atoms with Gasteiger partial charge in [0, 0.05) is 18.4 Å². The Morgan fingerprint density at radius 1 is 1.05 bits per heavy atom. The van der Waals surface area contributed by atoms with Crippen molar-refractivity contribution in [2.75, 3.05) is 0 Å². The number of benzene rings is 1. The molecular weight excluding hydrogens is 248 g/mol. The van der Waals surface area contributed by atoms with Crippen LogP contribution in [0.2, 0.25) is 0 Å². The van der Waals surface area contributed by atoms with E-state index in [1.807, 2.05) is 38.1 Å². The van der Waals surface area contributed by atoms with Gasteiger partial charge in [-0.25, -0.2) is 8.78 Å². The van der Waals surface area contributed by atoms with Gasteiger partial charge in [-0.1, -0.05) is 12.1 Å². The first-order chi connectivity index (χ1) is 8.81. The molecule has 106 valence electrons. The fraction of sp³-hybridized carbons (Fsp3) is 0.600. The van der Waals surface area contributed by atoms with Crippen LogP contribution in [0.3, 0.4) is 0 Å². The van der Waals surface area contributed by atoms with Crippen LogP contribution in [-0.4, -0.2) is 12.0 Å². The van der Waals surface area contributed by atoms with E-state index in [4.69, 9.17) is 10.5 Å². The lowest BCUT2D eigenvalue weighted by Gasteiger charge is -2.37. The number of hydrogen-bond acceptors (Lipinski definition) is 2. The van der Waals surface area contributed by atoms with Crippen molar-refractivity contribution in [3.05, 3.63) is 29.8 Å². The normalized spacial score (nSPS) is 21.4. The summed E-state index contributed by atoms with van der Waals surface area (Å²) in [6, 6.07) is 7.50. The molecule has 0 spiro atoms. The van der Waals surface area contributed by atoms with Crippen molar-refractivity contribution < 1.29 is 13.5 Å². The zero-order valence-electron chi connectivity index (χ0n) is 11.5. The molecule has 1 aromatic rings. The van der Waals surface area contributed by atoms with Gasteiger partial charge in [-0.2, -0.15) is 0 Å². The maximum absolute atomic E-state index is 13.2. The van der Waals surface area contributed by atoms with Crippen LogP contribution >= 0.6 is 0 Å². The van der Waals surface area contributed by atoms with Crippen molar-refractivity contribution in [1.82, 2.24) is 0 Å². The second-order valence-electron chi connectivity index (χ2n) is 5.70. The third kappa shape index (κ3) is 3.44. The molecule has 0 atom stereocenters. The predicted molar refractivity (Wildman–Crippen MR) is 71.5 cm³/mol. The van der Waals surface area contributed by atoms with Gasteiger partial charge in [0.1, 0.15) is 5.75 Å². The van der Waals surface area contributed by atoms with Gasteiger partial charge in [-0.3, -0.25) is 0 Å². The van der Waals surface area contributed by atoms with Crippen LogP contribution < -0.4 is 10.5 Å². The first-order valence-corrected chi connectivity index (χ1v) is 6.75. The summed E-state index contributed by atoms with van der Waals surface area (Å²) in [6.07, 6.45) is 0.502. The average Bonchev–Trinajstić information content (AvgIpc) is 2.34. The van der Waals surface area contributed by atoms with Gasteiger partial charge in [0.15, 0.2) is 0 Å². The second-order valence-corrected chi connectivity index (χ2v) is 5.70. The lowest BCUT2D eigenvalue weighted by Crippen LogP contribution is -2.43. The molecule has 1 aromatic carbocycles. The van der Waals surface area contributed by atoms with E-state index >= 15 is 0 Å². The molecule has 2 N–H and O–H groups in total. The Labute approximate surface area is 112 Å². The predicted octanol–water partition coefficient (Wildman–Crippen LogP) is 3.84. The molecule has 0 bridgehead atoms. The number of alkyl halides is 2. The summed E-state index contributed by atoms with van der Waals surface area (Å²) in [5.74, 6) is -1.77. The first kappa shape index (κ1) is 14.3. The Hall–Kier alpha value is -1.16. The van der Waals surface area contributed by atoms with Gasteiger partial charge in [-0.05, 0) is 44.4 Å². The van der Waals surface area contributed by atoms with Gasteiger partial charge in [0.05, 0.1) is 6.10 Å². The molecule has 19 heavy (non-hydrogen) atoms. The Morgan fingerprint density at radius 3 is 2.05 bits per heavy atom. The Balaban J connectivity index is 2.09. The fourth-order valence-electron chi connectivity index (χ4n) is 2.49. The summed E-state index contributed by atoms with van der Waals surface area (Å²) in [7, 11) is 0. The summed E-state index contributed by atoms with van der Waals surface area (Å²) in [5.41, 5.74) is 6.57. The lowest BCUT2D eigenvalue weighted by molar-refractivity contribution is -0.0514. The average molecular weight is 269 g/mol. The van der Waals surface area contributed by atoms with Crippen LogP contribution in [0.25, 0.3) is 0 Å². The highest BCUT2D eigenvalue weighted by atomic mass is 19.3. The van der Waals surface area contributed by atoms with Crippen molar-refractivity contribution in [3.63, 3.8) is 0 Å². The van der Waals surface area contributed by atoms with Crippen molar-refractivity contribution in [2.45, 2.75) is 57.1 Å². The maximum atomic E-state index is 13.2. The molecule has 0 aromatic heterocycles. The minimum atomic E-state index is -2.55. The van der Waals surface area contributed by atoms with Gasteiger partial charge in [-0.15, -0.1) is 0 Å². The molecule has 2 rings (SSSR count). The van der Waals surface area contributed by atoms with E-state index < -0.39 is 11.5 Å². The first-order valence-electron chi connectivity index (χ1n) is 6.75. The van der Waals surface area contributed by atoms with E-state index in [0.29, 0.717) is 12.8 Å². The molecule has 0 aliphatic heterocycles. The second kappa shape index (κ2) is 5.08. The molecule has 2 nitrogen and oxygen atoms in total. The summed E-state index contributed by atoms with van der Waals surface area (Å²) in [5, 5.41) is 0. The molecule has 1 aliphatic carbocycles. The van der Waals surface area contributed by atoms with Gasteiger partial charge >= 0.3 is 0 Å². The largest absolute Gasteiger partial charge is 0.491 e. The standard InChI is InChI=1S/C15H21F2NO/c1-11(2)19-13-5-3-12(4-6-13)14(18)7-9-15(16,17)10-8-14/h3-6,11H,7-10,18H2,1-2H3. The van der Waals surface area contributed by atoms with Crippen LogP contribution in [0.5, 0.6) is 5.75 Å². The topological polar surface area (TPSA) is 35.2 Å². The van der Waals surface area contributed by atoms with E-state index in [-0.39, 0.29) is 18.9 Å². The van der Waals surface area contributed by atoms with Crippen LogP contribution in [0.4, 0.5) is 8.78 Å². The number of rotatable bonds is 3. The van der Waals surface area contributed by atoms with Gasteiger partial charge < -0.3 is 10.5 Å². The Bertz CT molecular complexity index is 418. The molecule has 1 saturated carbocycles. The summed E-state index contributed by atoms with van der Waals surface area (Å²) in [6.45, 7) is 3.92. The van der Waals surface area contributed by atoms with Crippen LogP contribution in [0.1, 0.15) is 45.1 Å². The van der Waals surface area contributed by atoms with Gasteiger partial charge in [0.25, 0.3) is 0 Å². The van der Waals surface area contributed by atoms with Crippen molar-refractivity contribution in [1.29, 1.82) is 0 Å². The molecule has 0 heterocycles. The SMILES string of the molecule is CC(C)Oc1ccc(C2(N)CCC(F)(F)CC2)cc1. The maximum Gasteiger partial charge on any atom is 0.248 e. The summed E-state index contributed by atoms with van der Waals surface area (Å²) >= 11 is 0. The zero-order valence-corrected chi connectivity index (χ0v) is 11.5. The molecule has 1 aliphatic rings. The van der Waals surface area contributed by atoms with E-state index in [2.05, 4.69) is 0 Å². The highest BCUT2D eigenvalue weighted by Crippen LogP contribution is 2.42. The summed E-state index contributed by atoms with van der Waals surface area (Å²) in [4.78, 5) is 0. The molecule has 0 unspecified atom stereocenters. The number of ether oxygens (including phenoxy) is 1. The third-order valence-electron chi connectivity index (χ3n) is 3.67. The molecule has 0 amide bonds. The number of hydrogen-bond donors (Lipinski definition) is 1. The van der Waals surface area contributed by atoms with E-state index in [0.717, 1.165) is 11.3 Å². The summed E-state index contributed by atoms with van der Waals surface area (Å²) < 4.78 is 32.0.